The van der Waals surface area contributed by atoms with Gasteiger partial charge in [-0.05, 0) is 24.2 Å². The first-order valence-corrected chi connectivity index (χ1v) is 6.51. The van der Waals surface area contributed by atoms with Crippen molar-refractivity contribution in [2.75, 3.05) is 26.3 Å². The third-order valence-electron chi connectivity index (χ3n) is 3.10. The number of nitrogens with zero attached hydrogens (tertiary/aromatic N) is 1. The summed E-state index contributed by atoms with van der Waals surface area (Å²) < 4.78 is 11.0. The Morgan fingerprint density at radius 2 is 2.05 bits per heavy atom. The predicted molar refractivity (Wildman–Crippen MR) is 70.6 cm³/mol. The molecule has 0 aliphatic carbocycles. The molecule has 0 unspecified atom stereocenters. The molecule has 1 aromatic carbocycles. The van der Waals surface area contributed by atoms with Gasteiger partial charge in [0.2, 0.25) is 0 Å². The lowest BCUT2D eigenvalue weighted by atomic mass is 10.1. The first-order valence-electron chi connectivity index (χ1n) is 6.51. The average Bonchev–Trinajstić information content (AvgIpc) is 2.43. The summed E-state index contributed by atoms with van der Waals surface area (Å²) in [6.07, 6.45) is 0.165. The summed E-state index contributed by atoms with van der Waals surface area (Å²) in [6, 6.07) is 5.88. The lowest BCUT2D eigenvalue weighted by Crippen LogP contribution is -2.25. The maximum atomic E-state index is 10.6. The SMILES string of the molecule is CCN(CCC(=O)O)Cc1ccc2c(c1)OCCO2. The van der Waals surface area contributed by atoms with Gasteiger partial charge in [0.1, 0.15) is 13.2 Å². The topological polar surface area (TPSA) is 59.0 Å². The van der Waals surface area contributed by atoms with Crippen LogP contribution in [0, 0.1) is 0 Å². The maximum Gasteiger partial charge on any atom is 0.304 e. The quantitative estimate of drug-likeness (QED) is 0.849. The fourth-order valence-corrected chi connectivity index (χ4v) is 2.05. The number of rotatable bonds is 6. The van der Waals surface area contributed by atoms with Crippen LogP contribution >= 0.6 is 0 Å². The second kappa shape index (κ2) is 6.43. The van der Waals surface area contributed by atoms with Crippen LogP contribution in [-0.2, 0) is 11.3 Å². The molecule has 1 aromatic rings. The average molecular weight is 265 g/mol. The molecule has 0 spiro atoms. The van der Waals surface area contributed by atoms with Crippen LogP contribution in [0.25, 0.3) is 0 Å². The van der Waals surface area contributed by atoms with E-state index < -0.39 is 5.97 Å². The van der Waals surface area contributed by atoms with E-state index in [0.29, 0.717) is 19.8 Å². The Kier molecular flexibility index (Phi) is 4.63. The fraction of sp³-hybridized carbons (Fsp3) is 0.500. The summed E-state index contributed by atoms with van der Waals surface area (Å²) >= 11 is 0. The molecule has 104 valence electrons. The molecule has 0 radical (unpaired) electrons. The molecular formula is C14H19NO4. The van der Waals surface area contributed by atoms with E-state index in [9.17, 15) is 4.79 Å². The van der Waals surface area contributed by atoms with E-state index in [1.165, 1.54) is 0 Å². The Hall–Kier alpha value is -1.75. The minimum absolute atomic E-state index is 0.165. The Bertz CT molecular complexity index is 447. The van der Waals surface area contributed by atoms with E-state index in [1.807, 2.05) is 25.1 Å². The summed E-state index contributed by atoms with van der Waals surface area (Å²) in [7, 11) is 0. The van der Waals surface area contributed by atoms with Crippen LogP contribution in [0.15, 0.2) is 18.2 Å². The Morgan fingerprint density at radius 3 is 2.74 bits per heavy atom. The van der Waals surface area contributed by atoms with E-state index >= 15 is 0 Å². The molecule has 2 rings (SSSR count). The van der Waals surface area contributed by atoms with Gasteiger partial charge in [-0.3, -0.25) is 9.69 Å². The number of fused-ring (bicyclic) bond motifs is 1. The maximum absolute atomic E-state index is 10.6. The Labute approximate surface area is 112 Å². The third kappa shape index (κ3) is 3.86. The molecule has 1 N–H and O–H groups in total. The zero-order valence-corrected chi connectivity index (χ0v) is 11.1. The van der Waals surface area contributed by atoms with Gasteiger partial charge in [0.15, 0.2) is 11.5 Å². The van der Waals surface area contributed by atoms with Gasteiger partial charge in [0.25, 0.3) is 0 Å². The van der Waals surface area contributed by atoms with Crippen molar-refractivity contribution < 1.29 is 19.4 Å². The summed E-state index contributed by atoms with van der Waals surface area (Å²) in [5.41, 5.74) is 1.11. The van der Waals surface area contributed by atoms with Gasteiger partial charge >= 0.3 is 5.97 Å². The van der Waals surface area contributed by atoms with Crippen LogP contribution in [0.5, 0.6) is 11.5 Å². The first-order chi connectivity index (χ1) is 9.19. The minimum atomic E-state index is -0.763. The van der Waals surface area contributed by atoms with Crippen molar-refractivity contribution in [3.8, 4) is 11.5 Å². The fourth-order valence-electron chi connectivity index (χ4n) is 2.05. The monoisotopic (exact) mass is 265 g/mol. The number of carboxylic acids is 1. The lowest BCUT2D eigenvalue weighted by Gasteiger charge is -2.22. The largest absolute Gasteiger partial charge is 0.486 e. The van der Waals surface area contributed by atoms with Crippen molar-refractivity contribution >= 4 is 5.97 Å². The van der Waals surface area contributed by atoms with E-state index in [1.54, 1.807) is 0 Å². The first kappa shape index (κ1) is 13.7. The van der Waals surface area contributed by atoms with Gasteiger partial charge in [-0.15, -0.1) is 0 Å². The second-order valence-corrected chi connectivity index (χ2v) is 4.49. The van der Waals surface area contributed by atoms with Gasteiger partial charge in [0.05, 0.1) is 6.42 Å². The molecule has 0 bridgehead atoms. The van der Waals surface area contributed by atoms with Crippen LogP contribution in [0.1, 0.15) is 18.9 Å². The lowest BCUT2D eigenvalue weighted by molar-refractivity contribution is -0.137. The predicted octanol–water partition coefficient (Wildman–Crippen LogP) is 1.75. The highest BCUT2D eigenvalue weighted by Crippen LogP contribution is 2.31. The number of aliphatic carboxylic acids is 1. The van der Waals surface area contributed by atoms with Crippen LogP contribution in [0.4, 0.5) is 0 Å². The molecule has 0 amide bonds. The van der Waals surface area contributed by atoms with Gasteiger partial charge in [-0.1, -0.05) is 13.0 Å². The van der Waals surface area contributed by atoms with Crippen molar-refractivity contribution in [3.63, 3.8) is 0 Å². The minimum Gasteiger partial charge on any atom is -0.486 e. The molecule has 1 aliphatic heterocycles. The zero-order chi connectivity index (χ0) is 13.7. The number of ether oxygens (including phenoxy) is 2. The molecule has 0 fully saturated rings. The molecule has 0 atom stereocenters. The summed E-state index contributed by atoms with van der Waals surface area (Å²) in [6.45, 7) is 5.29. The van der Waals surface area contributed by atoms with Crippen LogP contribution in [0.3, 0.4) is 0 Å². The number of hydrogen-bond acceptors (Lipinski definition) is 4. The second-order valence-electron chi connectivity index (χ2n) is 4.49. The Balaban J connectivity index is 1.99. The highest BCUT2D eigenvalue weighted by atomic mass is 16.6. The van der Waals surface area contributed by atoms with Gasteiger partial charge < -0.3 is 14.6 Å². The molecule has 19 heavy (non-hydrogen) atoms. The molecule has 0 aromatic heterocycles. The van der Waals surface area contributed by atoms with E-state index in [2.05, 4.69) is 4.90 Å². The van der Waals surface area contributed by atoms with Gasteiger partial charge in [0, 0.05) is 13.1 Å². The molecule has 5 heteroatoms. The van der Waals surface area contributed by atoms with Crippen molar-refractivity contribution in [2.24, 2.45) is 0 Å². The number of benzene rings is 1. The highest BCUT2D eigenvalue weighted by Gasteiger charge is 2.13. The van der Waals surface area contributed by atoms with Gasteiger partial charge in [-0.2, -0.15) is 0 Å². The molecule has 0 saturated heterocycles. The van der Waals surface area contributed by atoms with Crippen molar-refractivity contribution in [1.82, 2.24) is 4.90 Å². The molecule has 0 saturated carbocycles. The third-order valence-corrected chi connectivity index (χ3v) is 3.10. The van der Waals surface area contributed by atoms with Crippen molar-refractivity contribution in [1.29, 1.82) is 0 Å². The standard InChI is InChI=1S/C14H19NO4/c1-2-15(6-5-14(16)17)10-11-3-4-12-13(9-11)19-8-7-18-12/h3-4,9H,2,5-8,10H2,1H3,(H,16,17). The van der Waals surface area contributed by atoms with Gasteiger partial charge in [-0.25, -0.2) is 0 Å². The van der Waals surface area contributed by atoms with Crippen molar-refractivity contribution in [2.45, 2.75) is 19.9 Å². The van der Waals surface area contributed by atoms with E-state index in [4.69, 9.17) is 14.6 Å². The normalized spacial score (nSPS) is 13.6. The van der Waals surface area contributed by atoms with Crippen LogP contribution in [-0.4, -0.2) is 42.3 Å². The number of carbonyl (C=O) groups is 1. The molecular weight excluding hydrogens is 246 g/mol. The van der Waals surface area contributed by atoms with Crippen LogP contribution < -0.4 is 9.47 Å². The van der Waals surface area contributed by atoms with E-state index in [-0.39, 0.29) is 6.42 Å². The van der Waals surface area contributed by atoms with E-state index in [0.717, 1.165) is 30.2 Å². The van der Waals surface area contributed by atoms with Crippen molar-refractivity contribution in [3.05, 3.63) is 23.8 Å². The number of hydrogen-bond donors (Lipinski definition) is 1. The summed E-state index contributed by atoms with van der Waals surface area (Å²) in [5, 5.41) is 8.72. The molecule has 1 heterocycles. The smallest absolute Gasteiger partial charge is 0.304 e. The Morgan fingerprint density at radius 1 is 1.32 bits per heavy atom. The number of carboxylic acid groups (broad SMARTS) is 1. The summed E-state index contributed by atoms with van der Waals surface area (Å²) in [4.78, 5) is 12.7. The molecule has 5 nitrogen and oxygen atoms in total. The van der Waals surface area contributed by atoms with Crippen LogP contribution in [0.2, 0.25) is 0 Å². The molecule has 1 aliphatic rings. The highest BCUT2D eigenvalue weighted by molar-refractivity contribution is 5.66. The summed E-state index contributed by atoms with van der Waals surface area (Å²) in [5.74, 6) is 0.794. The zero-order valence-electron chi connectivity index (χ0n) is 11.1.